The van der Waals surface area contributed by atoms with Gasteiger partial charge in [-0.3, -0.25) is 19.4 Å². The van der Waals surface area contributed by atoms with Crippen molar-refractivity contribution in [2.45, 2.75) is 60.8 Å². The number of ketones is 1. The number of methoxy groups -OCH3 is 1. The van der Waals surface area contributed by atoms with E-state index in [1.807, 2.05) is 45.9 Å². The van der Waals surface area contributed by atoms with Crippen molar-refractivity contribution in [3.63, 3.8) is 0 Å². The van der Waals surface area contributed by atoms with Gasteiger partial charge in [0, 0.05) is 35.2 Å². The van der Waals surface area contributed by atoms with Crippen molar-refractivity contribution in [2.24, 2.45) is 32.7 Å². The molecular weight excluding hydrogens is 597 g/mol. The topological polar surface area (TPSA) is 155 Å². The van der Waals surface area contributed by atoms with Crippen LogP contribution in [0.3, 0.4) is 0 Å². The van der Waals surface area contributed by atoms with E-state index < -0.39 is 29.5 Å². The fraction of sp³-hybridized carbons (Fsp3) is 0.371. The summed E-state index contributed by atoms with van der Waals surface area (Å²) in [5.41, 5.74) is 8.25. The molecule has 0 fully saturated rings. The first-order valence-corrected chi connectivity index (χ1v) is 15.1. The largest absolute Gasteiger partial charge is 2.00 e. The smallest absolute Gasteiger partial charge is 0.874 e. The molecule has 0 radical (unpaired) electrons. The van der Waals surface area contributed by atoms with Crippen LogP contribution < -0.4 is 20.7 Å². The van der Waals surface area contributed by atoms with Gasteiger partial charge in [0.1, 0.15) is 0 Å². The Morgan fingerprint density at radius 3 is 2.33 bits per heavy atom. The van der Waals surface area contributed by atoms with Crippen LogP contribution in [-0.4, -0.2) is 70.1 Å². The first-order valence-electron chi connectivity index (χ1n) is 15.1. The Bertz CT molecular complexity index is 2010. The zero-order chi connectivity index (χ0) is 32.5. The summed E-state index contributed by atoms with van der Waals surface area (Å²) in [6, 6.07) is 0. The number of esters is 1. The molecule has 0 amide bonds. The van der Waals surface area contributed by atoms with E-state index in [2.05, 4.69) is 0 Å². The standard InChI is InChI=1S/C35H36N4O6.Mg/c1-8-19-14(2)21-13-26-28(18(6)40)16(4)23(37-26)11-22-15(3)20(9-10-27(41)42)32(38-22)30-31(35(44)45-7)34(43)29-17(5)24(39-33(29)30)12-25(19)36-21;/h11-13,15,20,31H,8-10H2,1-7H3,(H3,36,37,38,39,40,41,42,43);/q;+2/p-2/t15-,20-,31+;/m0./s1. The van der Waals surface area contributed by atoms with Crippen molar-refractivity contribution in [1.29, 1.82) is 0 Å². The maximum Gasteiger partial charge on any atom is 2.00 e. The van der Waals surface area contributed by atoms with Gasteiger partial charge < -0.3 is 19.9 Å². The van der Waals surface area contributed by atoms with Gasteiger partial charge in [-0.25, -0.2) is 9.98 Å². The SMILES string of the molecule is CCC1=C(C)C2=NC1=Cc1[n-]c3c(c1C)=C([O-])[C@H](C(=O)OC)C=3C1=NC(=CC3=NC(=C2)C(C(C)=O)=C3C)[C@@H](C)[C@@H]1CCC(=O)O.[Mg+2]. The number of carbonyl (C=O) groups excluding carboxylic acids is 2. The number of ether oxygens (including phenoxy) is 1. The summed E-state index contributed by atoms with van der Waals surface area (Å²) in [7, 11) is 1.23. The van der Waals surface area contributed by atoms with E-state index in [9.17, 15) is 24.6 Å². The third-order valence-corrected chi connectivity index (χ3v) is 9.51. The van der Waals surface area contributed by atoms with Crippen molar-refractivity contribution in [2.75, 3.05) is 7.11 Å². The molecule has 0 spiro atoms. The molecule has 5 aliphatic rings. The third-order valence-electron chi connectivity index (χ3n) is 9.51. The molecule has 0 aromatic carbocycles. The summed E-state index contributed by atoms with van der Waals surface area (Å²) in [5.74, 6) is -4.18. The van der Waals surface area contributed by atoms with Crippen LogP contribution in [0.1, 0.15) is 65.1 Å². The number of carboxylic acid groups (broad SMARTS) is 1. The number of carboxylic acids is 1. The minimum atomic E-state index is -1.27. The zero-order valence-corrected chi connectivity index (χ0v) is 28.5. The molecule has 0 unspecified atom stereocenters. The molecule has 8 bridgehead atoms. The predicted octanol–water partition coefficient (Wildman–Crippen LogP) is 2.23. The molecule has 4 aliphatic heterocycles. The molecule has 10 nitrogen and oxygen atoms in total. The molecule has 1 N–H and O–H groups in total. The molecule has 5 heterocycles. The molecular formula is C35H34MgN4O6. The number of nitrogens with zero attached hydrogens (tertiary/aromatic N) is 4. The Balaban J connectivity index is 0.00000417. The van der Waals surface area contributed by atoms with Crippen LogP contribution in [0.5, 0.6) is 0 Å². The number of carbonyl (C=O) groups is 3. The Morgan fingerprint density at radius 1 is 1.02 bits per heavy atom. The molecule has 11 heteroatoms. The van der Waals surface area contributed by atoms with Crippen LogP contribution in [-0.2, 0) is 19.1 Å². The number of aromatic nitrogens is 1. The second-order valence-corrected chi connectivity index (χ2v) is 12.0. The van der Waals surface area contributed by atoms with Gasteiger partial charge in [0.15, 0.2) is 5.78 Å². The number of hydrogen-bond donors (Lipinski definition) is 1. The number of rotatable bonds is 6. The number of Topliss-reactive ketones (excluding diaryl/α,β-unsaturated/α-hetero) is 1. The summed E-state index contributed by atoms with van der Waals surface area (Å²) in [5, 5.41) is 24.3. The van der Waals surface area contributed by atoms with Gasteiger partial charge in [0.2, 0.25) is 0 Å². The van der Waals surface area contributed by atoms with Gasteiger partial charge in [-0.2, -0.15) is 0 Å². The molecule has 0 saturated heterocycles. The van der Waals surface area contributed by atoms with E-state index in [4.69, 9.17) is 24.7 Å². The van der Waals surface area contributed by atoms with Gasteiger partial charge in [-0.05, 0) is 80.2 Å². The second kappa shape index (κ2) is 12.3. The van der Waals surface area contributed by atoms with E-state index in [1.54, 1.807) is 6.92 Å². The summed E-state index contributed by atoms with van der Waals surface area (Å²) in [6.45, 7) is 11.1. The molecule has 6 rings (SSSR count). The van der Waals surface area contributed by atoms with E-state index >= 15 is 0 Å². The fourth-order valence-corrected chi connectivity index (χ4v) is 7.10. The summed E-state index contributed by atoms with van der Waals surface area (Å²) >= 11 is 0. The van der Waals surface area contributed by atoms with Crippen LogP contribution in [0.15, 0.2) is 66.5 Å². The maximum atomic E-state index is 14.0. The normalized spacial score (nSPS) is 23.1. The van der Waals surface area contributed by atoms with Gasteiger partial charge in [-0.1, -0.05) is 25.5 Å². The van der Waals surface area contributed by atoms with E-state index in [1.165, 1.54) is 14.0 Å². The maximum absolute atomic E-state index is 14.0. The number of allylic oxidation sites excluding steroid dienone is 7. The second-order valence-electron chi connectivity index (χ2n) is 12.0. The van der Waals surface area contributed by atoms with Crippen molar-refractivity contribution in [3.05, 3.63) is 73.4 Å². The first kappa shape index (κ1) is 33.3. The predicted molar refractivity (Wildman–Crippen MR) is 174 cm³/mol. The van der Waals surface area contributed by atoms with Crippen molar-refractivity contribution in [1.82, 2.24) is 4.98 Å². The van der Waals surface area contributed by atoms with Gasteiger partial charge >= 0.3 is 35.0 Å². The summed E-state index contributed by atoms with van der Waals surface area (Å²) < 4.78 is 5.10. The molecule has 3 atom stereocenters. The van der Waals surface area contributed by atoms with Crippen LogP contribution in [0.2, 0.25) is 0 Å². The molecule has 1 aliphatic carbocycles. The molecule has 1 aromatic heterocycles. The first-order chi connectivity index (χ1) is 21.4. The number of fused-ring (bicyclic) bond motifs is 5. The number of aliphatic imine (C=N–C) groups is 3. The van der Waals surface area contributed by atoms with Crippen molar-refractivity contribution in [3.8, 4) is 0 Å². The molecule has 232 valence electrons. The summed E-state index contributed by atoms with van der Waals surface area (Å²) in [6.07, 6.45) is 6.32. The van der Waals surface area contributed by atoms with Crippen LogP contribution in [0, 0.1) is 24.7 Å². The molecule has 1 aromatic rings. The number of hydrogen-bond acceptors (Lipinski definition) is 8. The van der Waals surface area contributed by atoms with Crippen LogP contribution in [0.4, 0.5) is 0 Å². The Hall–Kier alpha value is -4.09. The monoisotopic (exact) mass is 630 g/mol. The Kier molecular flexibility index (Phi) is 8.87. The molecule has 0 saturated carbocycles. The molecule has 46 heavy (non-hydrogen) atoms. The third kappa shape index (κ3) is 5.09. The zero-order valence-electron chi connectivity index (χ0n) is 27.1. The van der Waals surface area contributed by atoms with E-state index in [-0.39, 0.29) is 47.6 Å². The van der Waals surface area contributed by atoms with Gasteiger partial charge in [0.05, 0.1) is 35.8 Å². The quantitative estimate of drug-likeness (QED) is 0.373. The Labute approximate surface area is 282 Å². The Morgan fingerprint density at radius 2 is 1.70 bits per heavy atom. The minimum absolute atomic E-state index is 0. The van der Waals surface area contributed by atoms with Crippen LogP contribution >= 0.6 is 0 Å². The average molecular weight is 631 g/mol. The summed E-state index contributed by atoms with van der Waals surface area (Å²) in [4.78, 5) is 57.5. The van der Waals surface area contributed by atoms with E-state index in [0.717, 1.165) is 11.1 Å². The van der Waals surface area contributed by atoms with Crippen molar-refractivity contribution >= 4 is 75.3 Å². The van der Waals surface area contributed by atoms with Crippen LogP contribution in [0.25, 0.3) is 17.4 Å². The van der Waals surface area contributed by atoms with Crippen molar-refractivity contribution < 1.29 is 29.3 Å². The van der Waals surface area contributed by atoms with Gasteiger partial charge in [-0.15, -0.1) is 16.8 Å². The minimum Gasteiger partial charge on any atom is -0.874 e. The number of aliphatic carboxylic acids is 1. The fourth-order valence-electron chi connectivity index (χ4n) is 7.10. The van der Waals surface area contributed by atoms with E-state index in [0.29, 0.717) is 79.2 Å². The average Bonchev–Trinajstić information content (AvgIpc) is 3.72. The van der Waals surface area contributed by atoms with Gasteiger partial charge in [0.25, 0.3) is 0 Å².